The van der Waals surface area contributed by atoms with E-state index >= 15 is 0 Å². The maximum absolute atomic E-state index is 11.2. The van der Waals surface area contributed by atoms with Crippen LogP contribution in [0.4, 0.5) is 0 Å². The molecule has 1 aliphatic rings. The molecule has 0 fully saturated rings. The molecule has 2 N–H and O–H groups in total. The van der Waals surface area contributed by atoms with E-state index in [0.717, 1.165) is 11.2 Å². The Kier molecular flexibility index (Phi) is 1.42. The molecule has 0 spiro atoms. The highest BCUT2D eigenvalue weighted by molar-refractivity contribution is 5.89. The molecular formula is C11H10N2O. The fraction of sp³-hybridized carbons (Fsp3) is 0.182. The molecule has 0 radical (unpaired) electrons. The summed E-state index contributed by atoms with van der Waals surface area (Å²) in [4.78, 5) is 14.5. The highest BCUT2D eigenvalue weighted by atomic mass is 16.1. The van der Waals surface area contributed by atoms with Crippen LogP contribution in [0.1, 0.15) is 11.3 Å². The minimum Gasteiger partial charge on any atom is -0.358 e. The second-order valence-electron chi connectivity index (χ2n) is 3.58. The van der Waals surface area contributed by atoms with Crippen molar-refractivity contribution in [2.75, 3.05) is 0 Å². The van der Waals surface area contributed by atoms with Crippen LogP contribution in [0.5, 0.6) is 0 Å². The van der Waals surface area contributed by atoms with Gasteiger partial charge in [-0.15, -0.1) is 0 Å². The van der Waals surface area contributed by atoms with Crippen LogP contribution in [0.2, 0.25) is 0 Å². The number of amides is 1. The molecule has 0 saturated carbocycles. The van der Waals surface area contributed by atoms with Gasteiger partial charge in [-0.3, -0.25) is 4.79 Å². The van der Waals surface area contributed by atoms with Gasteiger partial charge in [-0.1, -0.05) is 18.2 Å². The average Bonchev–Trinajstić information content (AvgIpc) is 2.54. The van der Waals surface area contributed by atoms with Crippen LogP contribution < -0.4 is 5.32 Å². The van der Waals surface area contributed by atoms with Gasteiger partial charge < -0.3 is 10.3 Å². The summed E-state index contributed by atoms with van der Waals surface area (Å²) in [5.41, 5.74) is 3.42. The molecule has 2 heterocycles. The SMILES string of the molecule is O=C1Cc2[nH]c3ccccc3c2CN1. The number of carbonyl (C=O) groups is 1. The summed E-state index contributed by atoms with van der Waals surface area (Å²) in [5, 5.41) is 4.08. The van der Waals surface area contributed by atoms with Gasteiger partial charge in [0, 0.05) is 28.7 Å². The number of hydrogen-bond acceptors (Lipinski definition) is 1. The normalized spacial score (nSPS) is 15.3. The molecule has 1 aliphatic heterocycles. The van der Waals surface area contributed by atoms with Gasteiger partial charge in [0.15, 0.2) is 0 Å². The number of rotatable bonds is 0. The largest absolute Gasteiger partial charge is 0.358 e. The standard InChI is InChI=1S/C11H10N2O/c14-11-5-10-8(6-12-11)7-3-1-2-4-9(7)13-10/h1-4,13H,5-6H2,(H,12,14). The van der Waals surface area contributed by atoms with Gasteiger partial charge >= 0.3 is 0 Å². The van der Waals surface area contributed by atoms with Crippen LogP contribution in [0.3, 0.4) is 0 Å². The molecule has 1 aromatic carbocycles. The molecule has 70 valence electrons. The number of aromatic nitrogens is 1. The molecule has 1 amide bonds. The van der Waals surface area contributed by atoms with E-state index in [2.05, 4.69) is 16.4 Å². The summed E-state index contributed by atoms with van der Waals surface area (Å²) in [5.74, 6) is 0.101. The van der Waals surface area contributed by atoms with Crippen molar-refractivity contribution < 1.29 is 4.79 Å². The Balaban J connectivity index is 2.29. The van der Waals surface area contributed by atoms with Crippen LogP contribution in [-0.4, -0.2) is 10.9 Å². The van der Waals surface area contributed by atoms with Crippen LogP contribution in [0, 0.1) is 0 Å². The lowest BCUT2D eigenvalue weighted by atomic mass is 10.1. The molecule has 2 aromatic rings. The number of H-pyrrole nitrogens is 1. The smallest absolute Gasteiger partial charge is 0.226 e. The van der Waals surface area contributed by atoms with Crippen molar-refractivity contribution in [3.8, 4) is 0 Å². The minimum absolute atomic E-state index is 0.101. The van der Waals surface area contributed by atoms with Gasteiger partial charge in [0.25, 0.3) is 0 Å². The fourth-order valence-electron chi connectivity index (χ4n) is 2.02. The molecule has 1 aromatic heterocycles. The number of hydrogen-bond donors (Lipinski definition) is 2. The molecule has 14 heavy (non-hydrogen) atoms. The third-order valence-electron chi connectivity index (χ3n) is 2.70. The Bertz CT molecular complexity index is 513. The molecule has 3 rings (SSSR count). The van der Waals surface area contributed by atoms with E-state index in [-0.39, 0.29) is 5.91 Å². The van der Waals surface area contributed by atoms with E-state index < -0.39 is 0 Å². The zero-order chi connectivity index (χ0) is 9.54. The number of fused-ring (bicyclic) bond motifs is 3. The molecule has 0 bridgehead atoms. The molecule has 0 aliphatic carbocycles. The van der Waals surface area contributed by atoms with Crippen molar-refractivity contribution in [1.82, 2.24) is 10.3 Å². The molecule has 0 saturated heterocycles. The van der Waals surface area contributed by atoms with Gasteiger partial charge in [-0.2, -0.15) is 0 Å². The molecular weight excluding hydrogens is 176 g/mol. The Morgan fingerprint density at radius 2 is 2.07 bits per heavy atom. The predicted molar refractivity (Wildman–Crippen MR) is 53.8 cm³/mol. The van der Waals surface area contributed by atoms with Gasteiger partial charge in [0.05, 0.1) is 6.42 Å². The first-order valence-corrected chi connectivity index (χ1v) is 4.70. The summed E-state index contributed by atoms with van der Waals surface area (Å²) in [6, 6.07) is 8.15. The Hall–Kier alpha value is -1.77. The number of nitrogens with one attached hydrogen (secondary N) is 2. The molecule has 0 atom stereocenters. The maximum Gasteiger partial charge on any atom is 0.226 e. The lowest BCUT2D eigenvalue weighted by Gasteiger charge is -2.12. The van der Waals surface area contributed by atoms with Crippen molar-refractivity contribution in [2.45, 2.75) is 13.0 Å². The van der Waals surface area contributed by atoms with Gasteiger partial charge in [0.2, 0.25) is 5.91 Å². The Morgan fingerprint density at radius 3 is 3.00 bits per heavy atom. The summed E-state index contributed by atoms with van der Waals surface area (Å²) >= 11 is 0. The third kappa shape index (κ3) is 0.954. The third-order valence-corrected chi connectivity index (χ3v) is 2.70. The molecule has 3 nitrogen and oxygen atoms in total. The second-order valence-corrected chi connectivity index (χ2v) is 3.58. The summed E-state index contributed by atoms with van der Waals surface area (Å²) in [7, 11) is 0. The Morgan fingerprint density at radius 1 is 1.21 bits per heavy atom. The van der Waals surface area contributed by atoms with Crippen molar-refractivity contribution in [3.63, 3.8) is 0 Å². The van der Waals surface area contributed by atoms with E-state index in [9.17, 15) is 4.79 Å². The number of carbonyl (C=O) groups excluding carboxylic acids is 1. The van der Waals surface area contributed by atoms with Crippen LogP contribution in [0.15, 0.2) is 24.3 Å². The first-order valence-electron chi connectivity index (χ1n) is 4.70. The summed E-state index contributed by atoms with van der Waals surface area (Å²) < 4.78 is 0. The predicted octanol–water partition coefficient (Wildman–Crippen LogP) is 1.34. The lowest BCUT2D eigenvalue weighted by molar-refractivity contribution is -0.121. The van der Waals surface area contributed by atoms with E-state index in [4.69, 9.17) is 0 Å². The van der Waals surface area contributed by atoms with Gasteiger partial charge in [0.1, 0.15) is 0 Å². The fourth-order valence-corrected chi connectivity index (χ4v) is 2.02. The van der Waals surface area contributed by atoms with Crippen molar-refractivity contribution in [1.29, 1.82) is 0 Å². The summed E-state index contributed by atoms with van der Waals surface area (Å²) in [6.07, 6.45) is 0.476. The van der Waals surface area contributed by atoms with Crippen LogP contribution in [0.25, 0.3) is 10.9 Å². The monoisotopic (exact) mass is 186 g/mol. The van der Waals surface area contributed by atoms with Crippen LogP contribution >= 0.6 is 0 Å². The topological polar surface area (TPSA) is 44.9 Å². The van der Waals surface area contributed by atoms with E-state index in [0.29, 0.717) is 13.0 Å². The van der Waals surface area contributed by atoms with Crippen molar-refractivity contribution in [2.24, 2.45) is 0 Å². The van der Waals surface area contributed by atoms with Gasteiger partial charge in [-0.05, 0) is 6.07 Å². The molecule has 3 heteroatoms. The Labute approximate surface area is 81.1 Å². The number of benzene rings is 1. The maximum atomic E-state index is 11.2. The van der Waals surface area contributed by atoms with Crippen LogP contribution in [-0.2, 0) is 17.8 Å². The van der Waals surface area contributed by atoms with Crippen molar-refractivity contribution >= 4 is 16.8 Å². The zero-order valence-electron chi connectivity index (χ0n) is 7.63. The van der Waals surface area contributed by atoms with E-state index in [1.54, 1.807) is 0 Å². The quantitative estimate of drug-likeness (QED) is 0.640. The first kappa shape index (κ1) is 7.62. The highest BCUT2D eigenvalue weighted by Crippen LogP contribution is 2.24. The minimum atomic E-state index is 0.101. The first-order chi connectivity index (χ1) is 6.84. The van der Waals surface area contributed by atoms with E-state index in [1.807, 2.05) is 18.2 Å². The number of aromatic amines is 1. The second kappa shape index (κ2) is 2.61. The average molecular weight is 186 g/mol. The van der Waals surface area contributed by atoms with Gasteiger partial charge in [-0.25, -0.2) is 0 Å². The molecule has 0 unspecified atom stereocenters. The highest BCUT2D eigenvalue weighted by Gasteiger charge is 2.18. The van der Waals surface area contributed by atoms with E-state index in [1.165, 1.54) is 10.9 Å². The van der Waals surface area contributed by atoms with Crippen molar-refractivity contribution in [3.05, 3.63) is 35.5 Å². The number of para-hydroxylation sites is 1. The lowest BCUT2D eigenvalue weighted by Crippen LogP contribution is -2.29. The zero-order valence-corrected chi connectivity index (χ0v) is 7.63. The summed E-state index contributed by atoms with van der Waals surface area (Å²) in [6.45, 7) is 0.651.